The third-order valence-corrected chi connectivity index (χ3v) is 4.40. The summed E-state index contributed by atoms with van der Waals surface area (Å²) in [6.07, 6.45) is 2.59. The number of rotatable bonds is 2. The molecule has 1 aromatic heterocycles. The molecule has 114 valence electrons. The molecule has 1 aliphatic rings. The highest BCUT2D eigenvalue weighted by atomic mass is 16.2. The number of carbonyl (C=O) groups is 1. The van der Waals surface area contributed by atoms with Gasteiger partial charge in [0.15, 0.2) is 0 Å². The molecule has 4 nitrogen and oxygen atoms in total. The van der Waals surface area contributed by atoms with E-state index in [-0.39, 0.29) is 22.9 Å². The highest BCUT2D eigenvalue weighted by molar-refractivity contribution is 6.06. The molecule has 23 heavy (non-hydrogen) atoms. The minimum absolute atomic E-state index is 0.187. The molecule has 0 aliphatic carbocycles. The number of nitrogens with one attached hydrogen (secondary N) is 1. The topological polar surface area (TPSA) is 51.1 Å². The molecule has 0 fully saturated rings. The molecule has 0 spiro atoms. The van der Waals surface area contributed by atoms with Gasteiger partial charge in [0.05, 0.1) is 5.52 Å². The van der Waals surface area contributed by atoms with Crippen molar-refractivity contribution in [1.29, 1.82) is 0 Å². The van der Waals surface area contributed by atoms with Crippen LogP contribution < -0.4 is 10.7 Å². The van der Waals surface area contributed by atoms with Crippen molar-refractivity contribution in [3.63, 3.8) is 0 Å². The molecule has 3 aromatic rings. The Labute approximate surface area is 133 Å². The number of aromatic nitrogens is 1. The molecule has 1 atom stereocenters. The smallest absolute Gasteiger partial charge is 0.261 e. The molecule has 2 aromatic carbocycles. The summed E-state index contributed by atoms with van der Waals surface area (Å²) >= 11 is 0. The second-order valence-electron chi connectivity index (χ2n) is 5.97. The van der Waals surface area contributed by atoms with Crippen LogP contribution in [-0.2, 0) is 6.42 Å². The zero-order valence-corrected chi connectivity index (χ0v) is 12.7. The van der Waals surface area contributed by atoms with Crippen molar-refractivity contribution in [3.8, 4) is 0 Å². The third-order valence-electron chi connectivity index (χ3n) is 4.40. The minimum atomic E-state index is -0.364. The predicted octanol–water partition coefficient (Wildman–Crippen LogP) is 3.37. The van der Waals surface area contributed by atoms with E-state index < -0.39 is 0 Å². The number of carbonyl (C=O) groups excluding carboxylic acids is 1. The summed E-state index contributed by atoms with van der Waals surface area (Å²) in [5.74, 6) is -0.364. The Morgan fingerprint density at radius 1 is 1.13 bits per heavy atom. The number of hydrogen-bond acceptors (Lipinski definition) is 2. The molecule has 1 aliphatic heterocycles. The molecule has 4 heteroatoms. The largest absolute Gasteiger partial charge is 0.343 e. The van der Waals surface area contributed by atoms with Crippen molar-refractivity contribution in [1.82, 2.24) is 4.57 Å². The number of pyridine rings is 1. The van der Waals surface area contributed by atoms with Crippen molar-refractivity contribution in [3.05, 3.63) is 76.1 Å². The summed E-state index contributed by atoms with van der Waals surface area (Å²) in [6, 6.07) is 15.2. The van der Waals surface area contributed by atoms with Gasteiger partial charge in [0.25, 0.3) is 5.91 Å². The van der Waals surface area contributed by atoms with Crippen molar-refractivity contribution in [2.24, 2.45) is 0 Å². The third kappa shape index (κ3) is 2.14. The Kier molecular flexibility index (Phi) is 3.05. The maximum Gasteiger partial charge on any atom is 0.261 e. The first-order valence-electron chi connectivity index (χ1n) is 7.68. The van der Waals surface area contributed by atoms with Gasteiger partial charge in [-0.1, -0.05) is 30.3 Å². The first-order valence-corrected chi connectivity index (χ1v) is 7.68. The first-order chi connectivity index (χ1) is 11.1. The van der Waals surface area contributed by atoms with Crippen LogP contribution in [-0.4, -0.2) is 10.5 Å². The predicted molar refractivity (Wildman–Crippen MR) is 91.0 cm³/mol. The highest BCUT2D eigenvalue weighted by Crippen LogP contribution is 2.30. The number of hydrogen-bond donors (Lipinski definition) is 1. The standard InChI is InChI=1S/C19H16N2O2/c1-12-10-13-6-5-9-15-17(13)21(12)11-16(18(15)22)19(23)20-14-7-3-2-4-8-14/h2-9,11-12H,10H2,1H3,(H,20,23). The molecule has 0 radical (unpaired) electrons. The molecule has 1 unspecified atom stereocenters. The lowest BCUT2D eigenvalue weighted by atomic mass is 10.1. The van der Waals surface area contributed by atoms with E-state index in [0.717, 1.165) is 11.9 Å². The average molecular weight is 304 g/mol. The maximum absolute atomic E-state index is 12.7. The van der Waals surface area contributed by atoms with E-state index in [1.807, 2.05) is 34.9 Å². The van der Waals surface area contributed by atoms with Crippen LogP contribution in [0.4, 0.5) is 5.69 Å². The fraction of sp³-hybridized carbons (Fsp3) is 0.158. The second kappa shape index (κ2) is 5.09. The van der Waals surface area contributed by atoms with Crippen LogP contribution in [0.25, 0.3) is 10.9 Å². The van der Waals surface area contributed by atoms with Crippen LogP contribution in [0.2, 0.25) is 0 Å². The van der Waals surface area contributed by atoms with E-state index in [2.05, 4.69) is 12.2 Å². The van der Waals surface area contributed by atoms with Gasteiger partial charge in [0.2, 0.25) is 5.43 Å². The Bertz CT molecular complexity index is 974. The normalized spacial score (nSPS) is 15.8. The number of nitrogens with zero attached hydrogens (tertiary/aromatic N) is 1. The van der Waals surface area contributed by atoms with E-state index in [4.69, 9.17) is 0 Å². The van der Waals surface area contributed by atoms with Crippen LogP contribution in [0.1, 0.15) is 28.9 Å². The molecule has 0 saturated carbocycles. The molecular formula is C19H16N2O2. The summed E-state index contributed by atoms with van der Waals surface area (Å²) < 4.78 is 2.05. The molecular weight excluding hydrogens is 288 g/mol. The maximum atomic E-state index is 12.7. The van der Waals surface area contributed by atoms with Crippen LogP contribution >= 0.6 is 0 Å². The minimum Gasteiger partial charge on any atom is -0.343 e. The monoisotopic (exact) mass is 304 g/mol. The van der Waals surface area contributed by atoms with E-state index in [0.29, 0.717) is 11.1 Å². The number of para-hydroxylation sites is 2. The number of amides is 1. The van der Waals surface area contributed by atoms with Crippen molar-refractivity contribution in [2.75, 3.05) is 5.32 Å². The number of benzene rings is 2. The molecule has 4 rings (SSSR count). The summed E-state index contributed by atoms with van der Waals surface area (Å²) in [5.41, 5.74) is 2.79. The summed E-state index contributed by atoms with van der Waals surface area (Å²) in [7, 11) is 0. The Hall–Kier alpha value is -2.88. The first kappa shape index (κ1) is 13.8. The van der Waals surface area contributed by atoms with Crippen molar-refractivity contribution < 1.29 is 4.79 Å². The highest BCUT2D eigenvalue weighted by Gasteiger charge is 2.24. The van der Waals surface area contributed by atoms with Gasteiger partial charge in [-0.3, -0.25) is 9.59 Å². The van der Waals surface area contributed by atoms with Crippen molar-refractivity contribution in [2.45, 2.75) is 19.4 Å². The van der Waals surface area contributed by atoms with Gasteiger partial charge in [0, 0.05) is 23.3 Å². The SMILES string of the molecule is CC1Cc2cccc3c(=O)c(C(=O)Nc4ccccc4)cn1c23. The Morgan fingerprint density at radius 2 is 1.91 bits per heavy atom. The van der Waals surface area contributed by atoms with Crippen LogP contribution in [0, 0.1) is 0 Å². The lowest BCUT2D eigenvalue weighted by Gasteiger charge is -2.12. The van der Waals surface area contributed by atoms with Crippen LogP contribution in [0.5, 0.6) is 0 Å². The van der Waals surface area contributed by atoms with Gasteiger partial charge >= 0.3 is 0 Å². The summed E-state index contributed by atoms with van der Waals surface area (Å²) in [5, 5.41) is 3.41. The lowest BCUT2D eigenvalue weighted by molar-refractivity contribution is 0.102. The lowest BCUT2D eigenvalue weighted by Crippen LogP contribution is -2.23. The Morgan fingerprint density at radius 3 is 2.70 bits per heavy atom. The van der Waals surface area contributed by atoms with Gasteiger partial charge in [-0.15, -0.1) is 0 Å². The van der Waals surface area contributed by atoms with E-state index in [9.17, 15) is 9.59 Å². The molecule has 0 saturated heterocycles. The van der Waals surface area contributed by atoms with E-state index in [1.165, 1.54) is 5.56 Å². The quantitative estimate of drug-likeness (QED) is 0.789. The molecule has 2 heterocycles. The van der Waals surface area contributed by atoms with E-state index in [1.54, 1.807) is 24.4 Å². The van der Waals surface area contributed by atoms with Gasteiger partial charge in [-0.2, -0.15) is 0 Å². The molecule has 1 amide bonds. The average Bonchev–Trinajstić information content (AvgIpc) is 2.88. The van der Waals surface area contributed by atoms with Gasteiger partial charge in [0.1, 0.15) is 5.56 Å². The van der Waals surface area contributed by atoms with Gasteiger partial charge < -0.3 is 9.88 Å². The Balaban J connectivity index is 1.85. The molecule has 0 bridgehead atoms. The zero-order chi connectivity index (χ0) is 16.0. The van der Waals surface area contributed by atoms with Gasteiger partial charge in [-0.25, -0.2) is 0 Å². The zero-order valence-electron chi connectivity index (χ0n) is 12.7. The van der Waals surface area contributed by atoms with Crippen LogP contribution in [0.15, 0.2) is 59.5 Å². The summed E-state index contributed by atoms with van der Waals surface area (Å²) in [4.78, 5) is 25.3. The fourth-order valence-electron chi connectivity index (χ4n) is 3.30. The molecule has 1 N–H and O–H groups in total. The fourth-order valence-corrected chi connectivity index (χ4v) is 3.30. The van der Waals surface area contributed by atoms with Crippen LogP contribution in [0.3, 0.4) is 0 Å². The van der Waals surface area contributed by atoms with Crippen molar-refractivity contribution >= 4 is 22.5 Å². The number of anilines is 1. The summed E-state index contributed by atoms with van der Waals surface area (Å²) in [6.45, 7) is 2.10. The second-order valence-corrected chi connectivity index (χ2v) is 5.97. The van der Waals surface area contributed by atoms with Gasteiger partial charge in [-0.05, 0) is 37.1 Å². The van der Waals surface area contributed by atoms with E-state index >= 15 is 0 Å².